The van der Waals surface area contributed by atoms with E-state index in [9.17, 15) is 5.11 Å². The second-order valence-electron chi connectivity index (χ2n) is 5.86. The summed E-state index contributed by atoms with van der Waals surface area (Å²) in [7, 11) is 0. The SMILES string of the molecule is C[C@@H]1C[C@H](NC[C@H](O)CO)C[C@H](c2ccccc2)C1. The van der Waals surface area contributed by atoms with Crippen LogP contribution in [0.15, 0.2) is 30.3 Å². The van der Waals surface area contributed by atoms with E-state index < -0.39 is 6.10 Å². The van der Waals surface area contributed by atoms with E-state index in [4.69, 9.17) is 5.11 Å². The number of benzene rings is 1. The fourth-order valence-electron chi connectivity index (χ4n) is 3.13. The topological polar surface area (TPSA) is 52.5 Å². The minimum absolute atomic E-state index is 0.169. The molecular formula is C16H25NO2. The third-order valence-electron chi connectivity index (χ3n) is 4.07. The number of nitrogens with one attached hydrogen (secondary N) is 1. The molecule has 1 aliphatic rings. The van der Waals surface area contributed by atoms with Crippen molar-refractivity contribution in [3.05, 3.63) is 35.9 Å². The lowest BCUT2D eigenvalue weighted by atomic mass is 9.76. The third kappa shape index (κ3) is 4.30. The summed E-state index contributed by atoms with van der Waals surface area (Å²) in [6.45, 7) is 2.61. The monoisotopic (exact) mass is 263 g/mol. The van der Waals surface area contributed by atoms with Crippen molar-refractivity contribution in [1.29, 1.82) is 0 Å². The number of rotatable bonds is 5. The van der Waals surface area contributed by atoms with Gasteiger partial charge in [-0.2, -0.15) is 0 Å². The maximum Gasteiger partial charge on any atom is 0.0895 e. The van der Waals surface area contributed by atoms with Crippen LogP contribution in [-0.2, 0) is 0 Å². The summed E-state index contributed by atoms with van der Waals surface area (Å²) in [5.74, 6) is 1.30. The van der Waals surface area contributed by atoms with Crippen LogP contribution in [0, 0.1) is 5.92 Å². The van der Waals surface area contributed by atoms with Gasteiger partial charge >= 0.3 is 0 Å². The van der Waals surface area contributed by atoms with Gasteiger partial charge in [-0.3, -0.25) is 0 Å². The van der Waals surface area contributed by atoms with Crippen molar-refractivity contribution in [2.24, 2.45) is 5.92 Å². The summed E-state index contributed by atoms with van der Waals surface area (Å²) in [5, 5.41) is 21.7. The highest BCUT2D eigenvalue weighted by atomic mass is 16.3. The highest BCUT2D eigenvalue weighted by Gasteiger charge is 2.27. The molecule has 1 saturated carbocycles. The van der Waals surface area contributed by atoms with Crippen LogP contribution >= 0.6 is 0 Å². The Labute approximate surface area is 115 Å². The molecule has 1 fully saturated rings. The van der Waals surface area contributed by atoms with E-state index in [1.54, 1.807) is 0 Å². The molecule has 1 aromatic rings. The van der Waals surface area contributed by atoms with Gasteiger partial charge < -0.3 is 15.5 Å². The molecule has 0 amide bonds. The van der Waals surface area contributed by atoms with Crippen molar-refractivity contribution in [1.82, 2.24) is 5.32 Å². The first-order valence-electron chi connectivity index (χ1n) is 7.26. The fraction of sp³-hybridized carbons (Fsp3) is 0.625. The van der Waals surface area contributed by atoms with Crippen LogP contribution in [0.3, 0.4) is 0 Å². The lowest BCUT2D eigenvalue weighted by molar-refractivity contribution is 0.0886. The molecule has 0 unspecified atom stereocenters. The molecule has 106 valence electrons. The summed E-state index contributed by atoms with van der Waals surface area (Å²) >= 11 is 0. The Morgan fingerprint density at radius 1 is 1.21 bits per heavy atom. The second kappa shape index (κ2) is 7.04. The summed E-state index contributed by atoms with van der Waals surface area (Å²) < 4.78 is 0. The van der Waals surface area contributed by atoms with Crippen LogP contribution < -0.4 is 5.32 Å². The van der Waals surface area contributed by atoms with Gasteiger partial charge in [0.25, 0.3) is 0 Å². The predicted molar refractivity (Wildman–Crippen MR) is 77.1 cm³/mol. The molecule has 0 spiro atoms. The Balaban J connectivity index is 1.92. The van der Waals surface area contributed by atoms with Gasteiger partial charge in [-0.05, 0) is 36.7 Å². The Morgan fingerprint density at radius 2 is 1.95 bits per heavy atom. The highest BCUT2D eigenvalue weighted by Crippen LogP contribution is 2.35. The van der Waals surface area contributed by atoms with Gasteiger partial charge in [0.05, 0.1) is 12.7 Å². The molecule has 2 rings (SSSR count). The van der Waals surface area contributed by atoms with Crippen LogP contribution in [0.4, 0.5) is 0 Å². The average Bonchev–Trinajstić information content (AvgIpc) is 2.45. The Kier molecular flexibility index (Phi) is 5.37. The standard InChI is InChI=1S/C16H25NO2/c1-12-7-14(13-5-3-2-4-6-13)9-15(8-12)17-10-16(19)11-18/h2-6,12,14-19H,7-11H2,1H3/t12-,14+,15-,16-/m0/s1. The van der Waals surface area contributed by atoms with Gasteiger partial charge in [0.2, 0.25) is 0 Å². The van der Waals surface area contributed by atoms with E-state index >= 15 is 0 Å². The minimum atomic E-state index is -0.646. The van der Waals surface area contributed by atoms with Gasteiger partial charge in [0.1, 0.15) is 0 Å². The summed E-state index contributed by atoms with van der Waals surface area (Å²) in [6, 6.07) is 11.1. The Morgan fingerprint density at radius 3 is 2.63 bits per heavy atom. The van der Waals surface area contributed by atoms with Crippen LogP contribution in [0.5, 0.6) is 0 Å². The minimum Gasteiger partial charge on any atom is -0.394 e. The van der Waals surface area contributed by atoms with Gasteiger partial charge in [0, 0.05) is 12.6 Å². The van der Waals surface area contributed by atoms with E-state index in [1.165, 1.54) is 12.0 Å². The number of aliphatic hydroxyl groups excluding tert-OH is 2. The van der Waals surface area contributed by atoms with Gasteiger partial charge in [-0.15, -0.1) is 0 Å². The molecule has 3 heteroatoms. The van der Waals surface area contributed by atoms with Crippen molar-refractivity contribution in [3.8, 4) is 0 Å². The first-order valence-corrected chi connectivity index (χ1v) is 7.26. The fourth-order valence-corrected chi connectivity index (χ4v) is 3.13. The molecule has 0 aliphatic heterocycles. The highest BCUT2D eigenvalue weighted by molar-refractivity contribution is 5.20. The Bertz CT molecular complexity index is 368. The molecule has 0 radical (unpaired) electrons. The lowest BCUT2D eigenvalue weighted by Gasteiger charge is -2.34. The van der Waals surface area contributed by atoms with Crippen LogP contribution in [-0.4, -0.2) is 35.5 Å². The zero-order valence-electron chi connectivity index (χ0n) is 11.6. The number of hydrogen-bond acceptors (Lipinski definition) is 3. The summed E-state index contributed by atoms with van der Waals surface area (Å²) in [6.07, 6.45) is 2.87. The quantitative estimate of drug-likeness (QED) is 0.760. The summed E-state index contributed by atoms with van der Waals surface area (Å²) in [4.78, 5) is 0. The van der Waals surface area contributed by atoms with E-state index in [0.717, 1.165) is 12.8 Å². The molecule has 3 nitrogen and oxygen atoms in total. The van der Waals surface area contributed by atoms with E-state index in [0.29, 0.717) is 24.4 Å². The maximum absolute atomic E-state index is 9.42. The van der Waals surface area contributed by atoms with E-state index in [1.807, 2.05) is 0 Å². The van der Waals surface area contributed by atoms with Gasteiger partial charge in [0.15, 0.2) is 0 Å². The van der Waals surface area contributed by atoms with Crippen molar-refractivity contribution >= 4 is 0 Å². The average molecular weight is 263 g/mol. The molecule has 1 aliphatic carbocycles. The summed E-state index contributed by atoms with van der Waals surface area (Å²) in [5.41, 5.74) is 1.42. The molecule has 0 aromatic heterocycles. The normalized spacial score (nSPS) is 29.1. The number of hydrogen-bond donors (Lipinski definition) is 3. The smallest absolute Gasteiger partial charge is 0.0895 e. The van der Waals surface area contributed by atoms with E-state index in [-0.39, 0.29) is 6.61 Å². The third-order valence-corrected chi connectivity index (χ3v) is 4.07. The second-order valence-corrected chi connectivity index (χ2v) is 5.86. The zero-order chi connectivity index (χ0) is 13.7. The van der Waals surface area contributed by atoms with E-state index in [2.05, 4.69) is 42.6 Å². The molecule has 4 atom stereocenters. The molecule has 0 saturated heterocycles. The van der Waals surface area contributed by atoms with Crippen LogP contribution in [0.1, 0.15) is 37.7 Å². The lowest BCUT2D eigenvalue weighted by Crippen LogP contribution is -2.41. The molecule has 1 aromatic carbocycles. The van der Waals surface area contributed by atoms with Crippen molar-refractivity contribution in [2.75, 3.05) is 13.2 Å². The molecule has 3 N–H and O–H groups in total. The first kappa shape index (κ1) is 14.5. The number of aliphatic hydroxyl groups is 2. The molecule has 19 heavy (non-hydrogen) atoms. The van der Waals surface area contributed by atoms with Crippen LogP contribution in [0.25, 0.3) is 0 Å². The van der Waals surface area contributed by atoms with Gasteiger partial charge in [-0.25, -0.2) is 0 Å². The molecular weight excluding hydrogens is 238 g/mol. The zero-order valence-corrected chi connectivity index (χ0v) is 11.6. The largest absolute Gasteiger partial charge is 0.394 e. The van der Waals surface area contributed by atoms with Gasteiger partial charge in [-0.1, -0.05) is 37.3 Å². The first-order chi connectivity index (χ1) is 9.19. The van der Waals surface area contributed by atoms with Crippen molar-refractivity contribution < 1.29 is 10.2 Å². The van der Waals surface area contributed by atoms with Crippen molar-refractivity contribution in [2.45, 2.75) is 44.2 Å². The Hall–Kier alpha value is -0.900. The predicted octanol–water partition coefficient (Wildman–Crippen LogP) is 1.90. The van der Waals surface area contributed by atoms with Crippen LogP contribution in [0.2, 0.25) is 0 Å². The maximum atomic E-state index is 9.42. The molecule has 0 bridgehead atoms. The van der Waals surface area contributed by atoms with Crippen molar-refractivity contribution in [3.63, 3.8) is 0 Å². The molecule has 0 heterocycles.